The Kier molecular flexibility index (Phi) is 9.31. The lowest BCUT2D eigenvalue weighted by molar-refractivity contribution is -0.117. The number of carbonyl (C=O) groups is 1. The Morgan fingerprint density at radius 3 is 2.51 bits per heavy atom. The highest BCUT2D eigenvalue weighted by molar-refractivity contribution is 9.10. The maximum atomic E-state index is 13.2. The third-order valence-electron chi connectivity index (χ3n) is 7.23. The second-order valence-electron chi connectivity index (χ2n) is 10.1. The number of nitrogens with zero attached hydrogens (tertiary/aromatic N) is 2. The molecule has 39 heavy (non-hydrogen) atoms. The molecule has 0 fully saturated rings. The lowest BCUT2D eigenvalue weighted by atomic mass is 10.0. The van der Waals surface area contributed by atoms with E-state index in [2.05, 4.69) is 58.3 Å². The minimum Gasteiger partial charge on any atom is -0.496 e. The minimum atomic E-state index is -0.0438. The molecule has 2 unspecified atom stereocenters. The van der Waals surface area contributed by atoms with Gasteiger partial charge in [-0.1, -0.05) is 47.5 Å². The normalized spacial score (nSPS) is 17.6. The number of nitrogens with one attached hydrogen (secondary N) is 1. The zero-order chi connectivity index (χ0) is 28.2. The van der Waals surface area contributed by atoms with Crippen LogP contribution in [-0.2, 0) is 11.2 Å². The van der Waals surface area contributed by atoms with Crippen LogP contribution in [0.5, 0.6) is 17.2 Å². The van der Waals surface area contributed by atoms with Gasteiger partial charge in [0.05, 0.1) is 33.6 Å². The van der Waals surface area contributed by atoms with Gasteiger partial charge < -0.3 is 24.4 Å². The Hall–Kier alpha value is -2.94. The molecule has 208 valence electrons. The minimum absolute atomic E-state index is 0.00675. The number of quaternary nitrogens is 1. The third kappa shape index (κ3) is 5.98. The van der Waals surface area contributed by atoms with Crippen LogP contribution < -0.4 is 24.0 Å². The number of fused-ring (bicyclic) bond motifs is 1. The molecule has 0 saturated heterocycles. The van der Waals surface area contributed by atoms with Gasteiger partial charge in [0.1, 0.15) is 23.5 Å². The van der Waals surface area contributed by atoms with Gasteiger partial charge in [0.15, 0.2) is 17.2 Å². The van der Waals surface area contributed by atoms with Crippen molar-refractivity contribution in [3.63, 3.8) is 0 Å². The van der Waals surface area contributed by atoms with Crippen molar-refractivity contribution < 1.29 is 19.0 Å². The average molecular weight is 618 g/mol. The topological polar surface area (TPSA) is 60.0 Å². The summed E-state index contributed by atoms with van der Waals surface area (Å²) in [4.78, 5) is 15.4. The molecule has 7 nitrogen and oxygen atoms in total. The van der Waals surface area contributed by atoms with E-state index in [1.54, 1.807) is 21.3 Å². The molecule has 0 aliphatic carbocycles. The molecule has 0 radical (unpaired) electrons. The van der Waals surface area contributed by atoms with Crippen molar-refractivity contribution >= 4 is 39.6 Å². The lowest BCUT2D eigenvalue weighted by Crippen LogP contribution is -2.52. The monoisotopic (exact) mass is 616 g/mol. The first-order valence-corrected chi connectivity index (χ1v) is 14.1. The summed E-state index contributed by atoms with van der Waals surface area (Å²) in [6, 6.07) is 9.69. The van der Waals surface area contributed by atoms with Crippen LogP contribution in [0.3, 0.4) is 0 Å². The van der Waals surface area contributed by atoms with E-state index in [1.165, 1.54) is 0 Å². The molecule has 2 aliphatic heterocycles. The zero-order valence-corrected chi connectivity index (χ0v) is 25.4. The van der Waals surface area contributed by atoms with Gasteiger partial charge >= 0.3 is 6.41 Å². The van der Waals surface area contributed by atoms with Crippen molar-refractivity contribution in [2.75, 3.05) is 34.4 Å². The van der Waals surface area contributed by atoms with Gasteiger partial charge in [-0.3, -0.25) is 0 Å². The first-order chi connectivity index (χ1) is 18.8. The van der Waals surface area contributed by atoms with Gasteiger partial charge in [-0.25, -0.2) is 9.28 Å². The third-order valence-corrected chi connectivity index (χ3v) is 8.08. The second-order valence-corrected chi connectivity index (χ2v) is 11.4. The van der Waals surface area contributed by atoms with E-state index < -0.39 is 0 Å². The van der Waals surface area contributed by atoms with Crippen LogP contribution in [0.1, 0.15) is 25.8 Å². The standard InChI is InChI=1S/C30H36BrClN3O4/c1-20(2)13-15-35(19-36,25-10-12-27(38-4)30(39-5)29(25)32)18-23-24(34-14-7-6-8-28(34)33-23)17-21-16-22(31)9-11-26(21)37-3/h6-12,14,16,19-20,28,33H,13,15,17-18H2,1-5H3/q+1. The van der Waals surface area contributed by atoms with Crippen molar-refractivity contribution in [3.05, 3.63) is 81.2 Å². The first-order valence-electron chi connectivity index (χ1n) is 12.9. The van der Waals surface area contributed by atoms with E-state index in [0.717, 1.165) is 40.0 Å². The summed E-state index contributed by atoms with van der Waals surface area (Å²) in [5, 5.41) is 4.05. The highest BCUT2D eigenvalue weighted by Gasteiger charge is 2.40. The molecule has 2 heterocycles. The highest BCUT2D eigenvalue weighted by Crippen LogP contribution is 2.44. The molecule has 0 spiro atoms. The van der Waals surface area contributed by atoms with Gasteiger partial charge in [0, 0.05) is 34.4 Å². The van der Waals surface area contributed by atoms with E-state index in [-0.39, 0.29) is 10.6 Å². The Morgan fingerprint density at radius 2 is 1.85 bits per heavy atom. The fourth-order valence-electron chi connectivity index (χ4n) is 5.12. The number of carbonyl (C=O) groups excluding carboxylic acids is 1. The Morgan fingerprint density at radius 1 is 1.10 bits per heavy atom. The molecule has 1 N–H and O–H groups in total. The Labute approximate surface area is 244 Å². The van der Waals surface area contributed by atoms with Gasteiger partial charge in [-0.15, -0.1) is 0 Å². The van der Waals surface area contributed by atoms with Gasteiger partial charge in [-0.05, 0) is 48.8 Å². The fourth-order valence-corrected chi connectivity index (χ4v) is 5.93. The van der Waals surface area contributed by atoms with Gasteiger partial charge in [-0.2, -0.15) is 0 Å². The largest absolute Gasteiger partial charge is 0.496 e. The summed E-state index contributed by atoms with van der Waals surface area (Å²) in [6.07, 6.45) is 10.6. The maximum absolute atomic E-state index is 13.2. The molecule has 2 aromatic carbocycles. The van der Waals surface area contributed by atoms with E-state index in [4.69, 9.17) is 25.8 Å². The molecule has 2 aliphatic rings. The molecular formula is C30H36BrClN3O4+. The number of amides is 1. The highest BCUT2D eigenvalue weighted by atomic mass is 79.9. The fraction of sp³-hybridized carbons (Fsp3) is 0.367. The van der Waals surface area contributed by atoms with Crippen LogP contribution in [0.4, 0.5) is 5.69 Å². The molecule has 2 atom stereocenters. The number of hydrogen-bond donors (Lipinski definition) is 1. The predicted octanol–water partition coefficient (Wildman–Crippen LogP) is 6.41. The van der Waals surface area contributed by atoms with Crippen molar-refractivity contribution in [2.45, 2.75) is 32.9 Å². The van der Waals surface area contributed by atoms with Gasteiger partial charge in [0.2, 0.25) is 0 Å². The van der Waals surface area contributed by atoms with Gasteiger partial charge in [0.25, 0.3) is 0 Å². The van der Waals surface area contributed by atoms with Crippen LogP contribution in [0.25, 0.3) is 0 Å². The van der Waals surface area contributed by atoms with Crippen molar-refractivity contribution in [1.29, 1.82) is 0 Å². The lowest BCUT2D eigenvalue weighted by Gasteiger charge is -2.34. The summed E-state index contributed by atoms with van der Waals surface area (Å²) >= 11 is 10.5. The zero-order valence-electron chi connectivity index (χ0n) is 23.0. The molecule has 0 saturated carbocycles. The van der Waals surface area contributed by atoms with E-state index >= 15 is 0 Å². The number of halogens is 2. The van der Waals surface area contributed by atoms with Crippen LogP contribution in [-0.4, -0.2) is 51.9 Å². The Balaban J connectivity index is 1.85. The van der Waals surface area contributed by atoms with Crippen molar-refractivity contribution in [1.82, 2.24) is 14.7 Å². The summed E-state index contributed by atoms with van der Waals surface area (Å²) in [6.45, 7) is 5.28. The summed E-state index contributed by atoms with van der Waals surface area (Å²) in [5.74, 6) is 2.15. The van der Waals surface area contributed by atoms with E-state index in [1.807, 2.05) is 36.4 Å². The average Bonchev–Trinajstić information content (AvgIpc) is 3.27. The molecular weight excluding hydrogens is 582 g/mol. The van der Waals surface area contributed by atoms with Crippen LogP contribution in [0.15, 0.2) is 70.6 Å². The van der Waals surface area contributed by atoms with E-state index in [9.17, 15) is 4.79 Å². The second kappa shape index (κ2) is 12.5. The predicted molar refractivity (Wildman–Crippen MR) is 160 cm³/mol. The smallest absolute Gasteiger partial charge is 0.306 e. The van der Waals surface area contributed by atoms with Crippen molar-refractivity contribution in [3.8, 4) is 17.2 Å². The summed E-state index contributed by atoms with van der Waals surface area (Å²) in [5.41, 5.74) is 3.76. The molecule has 1 amide bonds. The van der Waals surface area contributed by atoms with Crippen molar-refractivity contribution in [2.24, 2.45) is 5.92 Å². The summed E-state index contributed by atoms with van der Waals surface area (Å²) in [7, 11) is 4.81. The quantitative estimate of drug-likeness (QED) is 0.220. The molecule has 9 heteroatoms. The number of ether oxygens (including phenoxy) is 3. The van der Waals surface area contributed by atoms with Crippen LogP contribution in [0, 0.1) is 5.92 Å². The Bertz CT molecular complexity index is 1310. The SMILES string of the molecule is COc1ccc(Br)cc1CC1=C(C[N+](C=O)(CCC(C)C)c2ccc(OC)c(OC)c2Cl)NC2C=CC=CN12. The number of rotatable bonds is 12. The van der Waals surface area contributed by atoms with Crippen LogP contribution in [0.2, 0.25) is 5.02 Å². The number of methoxy groups -OCH3 is 3. The molecule has 0 aromatic heterocycles. The molecule has 4 rings (SSSR count). The number of benzene rings is 2. The van der Waals surface area contributed by atoms with E-state index in [0.29, 0.717) is 47.6 Å². The molecule has 0 bridgehead atoms. The maximum Gasteiger partial charge on any atom is 0.306 e. The number of hydrogen-bond acceptors (Lipinski definition) is 6. The summed E-state index contributed by atoms with van der Waals surface area (Å²) < 4.78 is 17.7. The number of allylic oxidation sites excluding steroid dienone is 3. The molecule has 2 aromatic rings. The van der Waals surface area contributed by atoms with Crippen LogP contribution >= 0.6 is 27.5 Å². The first kappa shape index (κ1) is 29.1.